The van der Waals surface area contributed by atoms with Crippen molar-refractivity contribution in [3.05, 3.63) is 45.4 Å². The molecule has 0 unspecified atom stereocenters. The lowest BCUT2D eigenvalue weighted by Gasteiger charge is -2.35. The largest absolute Gasteiger partial charge is 0.329 e. The summed E-state index contributed by atoms with van der Waals surface area (Å²) in [6.45, 7) is 2.57. The number of amides is 1. The van der Waals surface area contributed by atoms with Crippen LogP contribution < -0.4 is 0 Å². The molecule has 1 aliphatic rings. The fraction of sp³-hybridized carbons (Fsp3) is 0.357. The van der Waals surface area contributed by atoms with Crippen molar-refractivity contribution in [2.24, 2.45) is 0 Å². The van der Waals surface area contributed by atoms with E-state index in [1.54, 1.807) is 0 Å². The Bertz CT molecular complexity index is 644. The summed E-state index contributed by atoms with van der Waals surface area (Å²) in [7, 11) is 0. The van der Waals surface area contributed by atoms with Crippen molar-refractivity contribution in [3.63, 3.8) is 0 Å². The molecule has 0 radical (unpaired) electrons. The minimum absolute atomic E-state index is 0.0303. The first-order valence-electron chi connectivity index (χ1n) is 6.60. The van der Waals surface area contributed by atoms with Gasteiger partial charge in [-0.05, 0) is 36.2 Å². The maximum absolute atomic E-state index is 12.8. The number of aryl methyl sites for hydroxylation is 1. The number of benzene rings is 1. The summed E-state index contributed by atoms with van der Waals surface area (Å²) in [5.41, 5.74) is 1.83. The third-order valence-electron chi connectivity index (χ3n) is 3.49. The van der Waals surface area contributed by atoms with Crippen molar-refractivity contribution in [2.45, 2.75) is 13.0 Å². The van der Waals surface area contributed by atoms with Gasteiger partial charge in [0.2, 0.25) is 0 Å². The van der Waals surface area contributed by atoms with Crippen molar-refractivity contribution < 1.29 is 4.79 Å². The standard InChI is InChI=1S/C14H14ClN3OS2/c1-9-13(21-17-16-9)14(19)18-6-7-20-8-12(18)10-2-4-11(15)5-3-10/h2-5,12H,6-8H2,1H3/t12-/m1/s1. The zero-order chi connectivity index (χ0) is 14.8. The van der Waals surface area contributed by atoms with Crippen LogP contribution in [-0.2, 0) is 0 Å². The Morgan fingerprint density at radius 1 is 1.38 bits per heavy atom. The molecule has 1 saturated heterocycles. The zero-order valence-electron chi connectivity index (χ0n) is 11.5. The van der Waals surface area contributed by atoms with Gasteiger partial charge in [-0.2, -0.15) is 11.8 Å². The number of thioether (sulfide) groups is 1. The van der Waals surface area contributed by atoms with Gasteiger partial charge in [-0.25, -0.2) is 0 Å². The number of rotatable bonds is 2. The van der Waals surface area contributed by atoms with Gasteiger partial charge >= 0.3 is 0 Å². The quantitative estimate of drug-likeness (QED) is 0.841. The first-order chi connectivity index (χ1) is 10.2. The molecular formula is C14H14ClN3OS2. The smallest absolute Gasteiger partial charge is 0.268 e. The van der Waals surface area contributed by atoms with Crippen LogP contribution in [0.2, 0.25) is 5.02 Å². The molecule has 1 aliphatic heterocycles. The molecule has 2 aromatic rings. The number of halogens is 1. The fourth-order valence-corrected chi connectivity index (χ4v) is 4.19. The van der Waals surface area contributed by atoms with Crippen LogP contribution in [0.4, 0.5) is 0 Å². The molecule has 0 saturated carbocycles. The van der Waals surface area contributed by atoms with Crippen LogP contribution in [0, 0.1) is 6.92 Å². The van der Waals surface area contributed by atoms with E-state index in [0.29, 0.717) is 15.6 Å². The molecule has 0 aliphatic carbocycles. The molecule has 110 valence electrons. The van der Waals surface area contributed by atoms with Crippen molar-refractivity contribution in [1.29, 1.82) is 0 Å². The Hall–Kier alpha value is -1.11. The molecule has 4 nitrogen and oxygen atoms in total. The lowest BCUT2D eigenvalue weighted by atomic mass is 10.1. The van der Waals surface area contributed by atoms with Crippen molar-refractivity contribution >= 4 is 40.8 Å². The molecular weight excluding hydrogens is 326 g/mol. The van der Waals surface area contributed by atoms with Crippen LogP contribution in [0.1, 0.15) is 27.0 Å². The van der Waals surface area contributed by atoms with Gasteiger partial charge < -0.3 is 4.90 Å². The van der Waals surface area contributed by atoms with Crippen molar-refractivity contribution in [1.82, 2.24) is 14.5 Å². The van der Waals surface area contributed by atoms with Crippen LogP contribution in [0.5, 0.6) is 0 Å². The second kappa shape index (κ2) is 6.34. The van der Waals surface area contributed by atoms with Gasteiger partial charge in [-0.1, -0.05) is 28.2 Å². The lowest BCUT2D eigenvalue weighted by Crippen LogP contribution is -2.40. The predicted octanol–water partition coefficient (Wildman–Crippen LogP) is 3.43. The van der Waals surface area contributed by atoms with Gasteiger partial charge in [0.05, 0.1) is 11.7 Å². The highest BCUT2D eigenvalue weighted by Crippen LogP contribution is 2.32. The van der Waals surface area contributed by atoms with E-state index in [4.69, 9.17) is 11.6 Å². The Labute approximate surface area is 136 Å². The topological polar surface area (TPSA) is 46.1 Å². The molecule has 1 aromatic heterocycles. The summed E-state index contributed by atoms with van der Waals surface area (Å²) in [6.07, 6.45) is 0. The van der Waals surface area contributed by atoms with E-state index < -0.39 is 0 Å². The molecule has 1 amide bonds. The summed E-state index contributed by atoms with van der Waals surface area (Å²) in [6, 6.07) is 7.82. The molecule has 0 spiro atoms. The van der Waals surface area contributed by atoms with Gasteiger partial charge in [0.15, 0.2) is 0 Å². The van der Waals surface area contributed by atoms with Crippen LogP contribution >= 0.6 is 34.9 Å². The first-order valence-corrected chi connectivity index (χ1v) is 8.90. The van der Waals surface area contributed by atoms with Gasteiger partial charge in [0, 0.05) is 23.1 Å². The number of aromatic nitrogens is 2. The van der Waals surface area contributed by atoms with Crippen LogP contribution in [-0.4, -0.2) is 38.4 Å². The number of hydrogen-bond acceptors (Lipinski definition) is 5. The molecule has 0 N–H and O–H groups in total. The van der Waals surface area contributed by atoms with Gasteiger partial charge in [0.25, 0.3) is 5.91 Å². The molecule has 21 heavy (non-hydrogen) atoms. The normalized spacial score (nSPS) is 18.8. The number of hydrogen-bond donors (Lipinski definition) is 0. The molecule has 1 atom stereocenters. The molecule has 7 heteroatoms. The van der Waals surface area contributed by atoms with E-state index in [9.17, 15) is 4.79 Å². The fourth-order valence-electron chi connectivity index (χ4n) is 2.37. The first kappa shape index (κ1) is 14.8. The third-order valence-corrected chi connectivity index (χ3v) is 5.58. The Morgan fingerprint density at radius 3 is 2.81 bits per heavy atom. The second-order valence-corrected chi connectivity index (χ2v) is 7.17. The molecule has 1 fully saturated rings. The minimum Gasteiger partial charge on any atom is -0.329 e. The Balaban J connectivity index is 1.89. The third kappa shape index (κ3) is 3.07. The zero-order valence-corrected chi connectivity index (χ0v) is 13.8. The molecule has 0 bridgehead atoms. The summed E-state index contributed by atoms with van der Waals surface area (Å²) < 4.78 is 3.87. The predicted molar refractivity (Wildman–Crippen MR) is 87.2 cm³/mol. The van der Waals surface area contributed by atoms with Crippen molar-refractivity contribution in [2.75, 3.05) is 18.1 Å². The molecule has 3 rings (SSSR count). The van der Waals surface area contributed by atoms with Crippen LogP contribution in [0.15, 0.2) is 24.3 Å². The molecule has 1 aromatic carbocycles. The van der Waals surface area contributed by atoms with Crippen LogP contribution in [0.25, 0.3) is 0 Å². The maximum Gasteiger partial charge on any atom is 0.268 e. The highest BCUT2D eigenvalue weighted by atomic mass is 35.5. The van der Waals surface area contributed by atoms with Gasteiger partial charge in [0.1, 0.15) is 4.88 Å². The second-order valence-electron chi connectivity index (χ2n) is 4.83. The summed E-state index contributed by atoms with van der Waals surface area (Å²) in [5.74, 6) is 1.89. The van der Waals surface area contributed by atoms with E-state index in [1.807, 2.05) is 47.9 Å². The number of carbonyl (C=O) groups excluding carboxylic acids is 1. The summed E-state index contributed by atoms with van der Waals surface area (Å²) in [4.78, 5) is 15.3. The monoisotopic (exact) mass is 339 g/mol. The van der Waals surface area contributed by atoms with E-state index in [0.717, 1.165) is 23.6 Å². The van der Waals surface area contributed by atoms with E-state index in [2.05, 4.69) is 9.59 Å². The van der Waals surface area contributed by atoms with Gasteiger partial charge in [-0.15, -0.1) is 5.10 Å². The minimum atomic E-state index is 0.0303. The summed E-state index contributed by atoms with van der Waals surface area (Å²) in [5, 5.41) is 4.65. The van der Waals surface area contributed by atoms with E-state index in [-0.39, 0.29) is 11.9 Å². The van der Waals surface area contributed by atoms with E-state index in [1.165, 1.54) is 11.5 Å². The van der Waals surface area contributed by atoms with Crippen molar-refractivity contribution in [3.8, 4) is 0 Å². The molecule has 2 heterocycles. The van der Waals surface area contributed by atoms with E-state index >= 15 is 0 Å². The SMILES string of the molecule is Cc1nnsc1C(=O)N1CCSC[C@@H]1c1ccc(Cl)cc1. The van der Waals surface area contributed by atoms with Gasteiger partial charge in [-0.3, -0.25) is 4.79 Å². The lowest BCUT2D eigenvalue weighted by molar-refractivity contribution is 0.0705. The Morgan fingerprint density at radius 2 is 2.14 bits per heavy atom. The number of nitrogens with zero attached hydrogens (tertiary/aromatic N) is 3. The highest BCUT2D eigenvalue weighted by Gasteiger charge is 2.30. The highest BCUT2D eigenvalue weighted by molar-refractivity contribution is 7.99. The average Bonchev–Trinajstić information content (AvgIpc) is 2.93. The average molecular weight is 340 g/mol. The summed E-state index contributed by atoms with van der Waals surface area (Å²) >= 11 is 8.99. The maximum atomic E-state index is 12.8. The number of carbonyl (C=O) groups is 1. The van der Waals surface area contributed by atoms with Crippen LogP contribution in [0.3, 0.4) is 0 Å². The Kier molecular flexibility index (Phi) is 4.47.